The molecule has 184 valence electrons. The highest BCUT2D eigenvalue weighted by atomic mass is 16.5. The average Bonchev–Trinajstić information content (AvgIpc) is 3.10. The third-order valence-corrected chi connectivity index (χ3v) is 10.2. The molecule has 5 rings (SSSR count). The van der Waals surface area contributed by atoms with Crippen molar-refractivity contribution in [2.45, 2.75) is 89.1 Å². The number of carbonyl (C=O) groups is 2. The molecule has 0 amide bonds. The molecule has 1 aromatic carbocycles. The first-order valence-corrected chi connectivity index (χ1v) is 12.6. The molecule has 0 bridgehead atoms. The number of ether oxygens (including phenoxy) is 1. The number of rotatable bonds is 3. The van der Waals surface area contributed by atoms with E-state index in [1.165, 1.54) is 6.92 Å². The van der Waals surface area contributed by atoms with E-state index in [0.29, 0.717) is 37.7 Å². The highest BCUT2D eigenvalue weighted by Crippen LogP contribution is 2.70. The minimum Gasteiger partial charge on any atom is -0.458 e. The predicted octanol–water partition coefficient (Wildman–Crippen LogP) is 3.58. The van der Waals surface area contributed by atoms with Crippen molar-refractivity contribution < 1.29 is 29.6 Å². The zero-order valence-corrected chi connectivity index (χ0v) is 20.3. The molecule has 3 saturated carbocycles. The topological polar surface area (TPSA) is 104 Å². The molecule has 4 aliphatic rings. The van der Waals surface area contributed by atoms with Gasteiger partial charge in [0.05, 0.1) is 11.7 Å². The smallest absolute Gasteiger partial charge is 0.338 e. The van der Waals surface area contributed by atoms with Gasteiger partial charge in [-0.3, -0.25) is 4.79 Å². The molecule has 34 heavy (non-hydrogen) atoms. The molecule has 0 unspecified atom stereocenters. The van der Waals surface area contributed by atoms with Crippen LogP contribution in [-0.4, -0.2) is 50.5 Å². The van der Waals surface area contributed by atoms with Gasteiger partial charge in [-0.1, -0.05) is 43.7 Å². The third-order valence-electron chi connectivity index (χ3n) is 10.2. The van der Waals surface area contributed by atoms with Gasteiger partial charge in [0.15, 0.2) is 0 Å². The molecule has 4 aliphatic carbocycles. The van der Waals surface area contributed by atoms with Crippen LogP contribution in [0, 0.1) is 22.7 Å². The highest BCUT2D eigenvalue weighted by molar-refractivity contribution is 5.89. The van der Waals surface area contributed by atoms with Crippen molar-refractivity contribution in [1.29, 1.82) is 0 Å². The van der Waals surface area contributed by atoms with E-state index in [1.54, 1.807) is 24.3 Å². The molecule has 0 aliphatic heterocycles. The summed E-state index contributed by atoms with van der Waals surface area (Å²) in [5.74, 6) is -1.41. The molecule has 8 atom stereocenters. The van der Waals surface area contributed by atoms with Gasteiger partial charge < -0.3 is 20.1 Å². The number of fused-ring (bicyclic) bond motifs is 5. The van der Waals surface area contributed by atoms with Gasteiger partial charge in [-0.05, 0) is 69.4 Å². The third kappa shape index (κ3) is 2.98. The van der Waals surface area contributed by atoms with Gasteiger partial charge >= 0.3 is 5.97 Å². The first-order chi connectivity index (χ1) is 16.0. The van der Waals surface area contributed by atoms with Gasteiger partial charge in [-0.15, -0.1) is 0 Å². The number of aliphatic hydroxyl groups is 3. The standard InChI is InChI=1S/C28H36O6/c1-17(29)21-11-14-28(33)26(21,3)23(34-24(31)18-7-5-4-6-8-18)16-22-25(2)12-10-20(30)15-19(25)9-13-27(22,28)32/h4-9,20-23,30,32-33H,10-16H2,1-3H3/t20-,21+,22-,23+,25-,26-,27-,28+/m0/s1. The predicted molar refractivity (Wildman–Crippen MR) is 126 cm³/mol. The van der Waals surface area contributed by atoms with Crippen LogP contribution in [0.3, 0.4) is 0 Å². The molecule has 0 saturated heterocycles. The number of benzene rings is 1. The van der Waals surface area contributed by atoms with Crippen LogP contribution in [0.1, 0.15) is 76.1 Å². The van der Waals surface area contributed by atoms with Crippen LogP contribution in [0.15, 0.2) is 42.0 Å². The van der Waals surface area contributed by atoms with Crippen molar-refractivity contribution in [2.75, 3.05) is 0 Å². The first-order valence-electron chi connectivity index (χ1n) is 12.6. The number of hydrogen-bond donors (Lipinski definition) is 3. The van der Waals surface area contributed by atoms with Crippen LogP contribution in [-0.2, 0) is 9.53 Å². The van der Waals surface area contributed by atoms with E-state index in [0.717, 1.165) is 5.57 Å². The van der Waals surface area contributed by atoms with Gasteiger partial charge in [-0.25, -0.2) is 4.79 Å². The molecular weight excluding hydrogens is 432 g/mol. The summed E-state index contributed by atoms with van der Waals surface area (Å²) in [5, 5.41) is 35.0. The fraction of sp³-hybridized carbons (Fsp3) is 0.643. The van der Waals surface area contributed by atoms with Crippen LogP contribution < -0.4 is 0 Å². The number of aliphatic hydroxyl groups excluding tert-OH is 1. The lowest BCUT2D eigenvalue weighted by molar-refractivity contribution is -0.297. The van der Waals surface area contributed by atoms with Gasteiger partial charge in [0.1, 0.15) is 23.1 Å². The van der Waals surface area contributed by atoms with Crippen molar-refractivity contribution in [2.24, 2.45) is 22.7 Å². The summed E-state index contributed by atoms with van der Waals surface area (Å²) >= 11 is 0. The highest BCUT2D eigenvalue weighted by Gasteiger charge is 2.77. The fourth-order valence-corrected chi connectivity index (χ4v) is 8.20. The van der Waals surface area contributed by atoms with E-state index < -0.39 is 46.1 Å². The minimum atomic E-state index is -1.58. The zero-order chi connectivity index (χ0) is 24.5. The lowest BCUT2D eigenvalue weighted by atomic mass is 9.43. The molecule has 3 N–H and O–H groups in total. The maximum absolute atomic E-state index is 13.2. The lowest BCUT2D eigenvalue weighted by Crippen LogP contribution is -2.75. The number of ketones is 1. The molecule has 6 nitrogen and oxygen atoms in total. The van der Waals surface area contributed by atoms with Crippen LogP contribution in [0.25, 0.3) is 0 Å². The summed E-state index contributed by atoms with van der Waals surface area (Å²) in [6, 6.07) is 8.76. The van der Waals surface area contributed by atoms with Crippen LogP contribution in [0.5, 0.6) is 0 Å². The SMILES string of the molecule is CC(=O)[C@H]1CC[C@@]2(O)[C@]1(C)[C@H](OC(=O)c1ccccc1)C[C@H]1[C@@]3(C)CC[C@H](O)CC3=CC[C@]12O. The maximum Gasteiger partial charge on any atom is 0.338 e. The molecule has 6 heteroatoms. The second-order valence-corrected chi connectivity index (χ2v) is 11.6. The normalized spacial score (nSPS) is 45.4. The first kappa shape index (κ1) is 23.7. The van der Waals surface area contributed by atoms with E-state index in [4.69, 9.17) is 4.74 Å². The largest absolute Gasteiger partial charge is 0.458 e. The van der Waals surface area contributed by atoms with Gasteiger partial charge in [0.25, 0.3) is 0 Å². The summed E-state index contributed by atoms with van der Waals surface area (Å²) < 4.78 is 6.15. The maximum atomic E-state index is 13.2. The summed E-state index contributed by atoms with van der Waals surface area (Å²) in [7, 11) is 0. The second-order valence-electron chi connectivity index (χ2n) is 11.6. The quantitative estimate of drug-likeness (QED) is 0.463. The molecule has 0 heterocycles. The molecular formula is C28H36O6. The van der Waals surface area contributed by atoms with Gasteiger partial charge in [0.2, 0.25) is 0 Å². The Bertz CT molecular complexity index is 1030. The number of hydrogen-bond acceptors (Lipinski definition) is 6. The zero-order valence-electron chi connectivity index (χ0n) is 20.3. The van der Waals surface area contributed by atoms with Crippen LogP contribution >= 0.6 is 0 Å². The van der Waals surface area contributed by atoms with Crippen LogP contribution in [0.4, 0.5) is 0 Å². The Kier molecular flexibility index (Phi) is 5.40. The number of esters is 1. The summed E-state index contributed by atoms with van der Waals surface area (Å²) in [6.45, 7) is 5.46. The summed E-state index contributed by atoms with van der Waals surface area (Å²) in [4.78, 5) is 25.9. The molecule has 1 aromatic rings. The van der Waals surface area contributed by atoms with E-state index >= 15 is 0 Å². The van der Waals surface area contributed by atoms with Crippen molar-refractivity contribution in [3.05, 3.63) is 47.5 Å². The van der Waals surface area contributed by atoms with E-state index in [2.05, 4.69) is 6.92 Å². The van der Waals surface area contributed by atoms with Crippen molar-refractivity contribution >= 4 is 11.8 Å². The monoisotopic (exact) mass is 468 g/mol. The lowest BCUT2D eigenvalue weighted by Gasteiger charge is -2.66. The Balaban J connectivity index is 1.61. The van der Waals surface area contributed by atoms with E-state index in [1.807, 2.05) is 19.1 Å². The molecule has 0 radical (unpaired) electrons. The Morgan fingerprint density at radius 1 is 1.06 bits per heavy atom. The Morgan fingerprint density at radius 2 is 1.76 bits per heavy atom. The van der Waals surface area contributed by atoms with Crippen molar-refractivity contribution in [3.63, 3.8) is 0 Å². The van der Waals surface area contributed by atoms with E-state index in [9.17, 15) is 24.9 Å². The Hall–Kier alpha value is -2.02. The minimum absolute atomic E-state index is 0.0553. The Labute approximate surface area is 201 Å². The Morgan fingerprint density at radius 3 is 2.44 bits per heavy atom. The summed E-state index contributed by atoms with van der Waals surface area (Å²) in [6.07, 6.45) is 4.11. The van der Waals surface area contributed by atoms with Crippen molar-refractivity contribution in [3.8, 4) is 0 Å². The number of Topliss-reactive ketones (excluding diaryl/α,β-unsaturated/α-hetero) is 1. The number of carbonyl (C=O) groups excluding carboxylic acids is 2. The average molecular weight is 469 g/mol. The second kappa shape index (κ2) is 7.74. The fourth-order valence-electron chi connectivity index (χ4n) is 8.20. The van der Waals surface area contributed by atoms with Gasteiger partial charge in [-0.2, -0.15) is 0 Å². The van der Waals surface area contributed by atoms with Crippen molar-refractivity contribution in [1.82, 2.24) is 0 Å². The molecule has 0 aromatic heterocycles. The summed E-state index contributed by atoms with van der Waals surface area (Å²) in [5.41, 5.74) is -3.02. The van der Waals surface area contributed by atoms with E-state index in [-0.39, 0.29) is 24.5 Å². The van der Waals surface area contributed by atoms with Gasteiger partial charge in [0, 0.05) is 17.3 Å². The molecule has 3 fully saturated rings. The van der Waals surface area contributed by atoms with Crippen LogP contribution in [0.2, 0.25) is 0 Å². The molecule has 0 spiro atoms.